The van der Waals surface area contributed by atoms with Crippen molar-refractivity contribution in [2.45, 2.75) is 52.0 Å². The van der Waals surface area contributed by atoms with Gasteiger partial charge in [-0.3, -0.25) is 4.79 Å². The summed E-state index contributed by atoms with van der Waals surface area (Å²) in [6.45, 7) is 8.08. The fourth-order valence-corrected chi connectivity index (χ4v) is 3.69. The Bertz CT molecular complexity index is 811. The standard InChI is InChI=1S/C21H28N2O5/c1-13(11-23-18(25)15-7-5-6-8-16(15)19(23)26)14-9-10-22(12-17(14)24)20(27)28-21(2,3)4/h5-8,17-18,24-25H,9-12H2,1-4H3/b14-13-. The number of aliphatic hydroxyl groups excluding tert-OH is 2. The summed E-state index contributed by atoms with van der Waals surface area (Å²) in [5.41, 5.74) is 2.15. The summed E-state index contributed by atoms with van der Waals surface area (Å²) in [7, 11) is 0. The normalized spacial score (nSPS) is 24.3. The molecule has 0 aromatic heterocycles. The van der Waals surface area contributed by atoms with Crippen molar-refractivity contribution in [2.24, 2.45) is 0 Å². The molecule has 0 aliphatic carbocycles. The lowest BCUT2D eigenvalue weighted by molar-refractivity contribution is 0.0118. The first-order valence-corrected chi connectivity index (χ1v) is 9.51. The van der Waals surface area contributed by atoms with Crippen molar-refractivity contribution in [3.63, 3.8) is 0 Å². The van der Waals surface area contributed by atoms with Crippen LogP contribution in [-0.4, -0.2) is 63.4 Å². The molecule has 2 heterocycles. The molecule has 0 bridgehead atoms. The molecule has 2 unspecified atom stereocenters. The highest BCUT2D eigenvalue weighted by atomic mass is 16.6. The number of carbonyl (C=O) groups is 2. The average molecular weight is 388 g/mol. The Balaban J connectivity index is 1.68. The summed E-state index contributed by atoms with van der Waals surface area (Å²) in [6.07, 6.45) is -1.75. The summed E-state index contributed by atoms with van der Waals surface area (Å²) in [6, 6.07) is 7.01. The summed E-state index contributed by atoms with van der Waals surface area (Å²) in [5, 5.41) is 21.1. The van der Waals surface area contributed by atoms with Crippen LogP contribution in [0.5, 0.6) is 0 Å². The predicted molar refractivity (Wildman–Crippen MR) is 104 cm³/mol. The number of rotatable bonds is 2. The summed E-state index contributed by atoms with van der Waals surface area (Å²) in [5.74, 6) is -0.219. The molecule has 0 spiro atoms. The van der Waals surface area contributed by atoms with Crippen molar-refractivity contribution in [3.8, 4) is 0 Å². The Morgan fingerprint density at radius 2 is 1.93 bits per heavy atom. The smallest absolute Gasteiger partial charge is 0.410 e. The van der Waals surface area contributed by atoms with Crippen LogP contribution in [0.1, 0.15) is 56.3 Å². The quantitative estimate of drug-likeness (QED) is 0.760. The minimum Gasteiger partial charge on any atom is -0.444 e. The van der Waals surface area contributed by atoms with Crippen molar-refractivity contribution in [1.82, 2.24) is 9.80 Å². The molecular formula is C21H28N2O5. The molecule has 7 nitrogen and oxygen atoms in total. The van der Waals surface area contributed by atoms with Crippen LogP contribution >= 0.6 is 0 Å². The number of benzene rings is 1. The van der Waals surface area contributed by atoms with Crippen LogP contribution in [0.15, 0.2) is 35.4 Å². The number of piperidine rings is 1. The van der Waals surface area contributed by atoms with E-state index in [9.17, 15) is 19.8 Å². The van der Waals surface area contributed by atoms with E-state index in [4.69, 9.17) is 4.74 Å². The first-order chi connectivity index (χ1) is 13.1. The number of hydrogen-bond donors (Lipinski definition) is 2. The number of nitrogens with zero attached hydrogens (tertiary/aromatic N) is 2. The van der Waals surface area contributed by atoms with Crippen LogP contribution in [0.2, 0.25) is 0 Å². The summed E-state index contributed by atoms with van der Waals surface area (Å²) in [4.78, 5) is 27.7. The highest BCUT2D eigenvalue weighted by molar-refractivity contribution is 5.99. The van der Waals surface area contributed by atoms with Crippen LogP contribution < -0.4 is 0 Å². The van der Waals surface area contributed by atoms with Gasteiger partial charge in [-0.05, 0) is 45.8 Å². The van der Waals surface area contributed by atoms with Crippen molar-refractivity contribution in [2.75, 3.05) is 19.6 Å². The maximum absolute atomic E-state index is 12.6. The van der Waals surface area contributed by atoms with Gasteiger partial charge in [0.05, 0.1) is 12.6 Å². The molecule has 2 aliphatic rings. The molecule has 1 aromatic rings. The maximum atomic E-state index is 12.6. The molecular weight excluding hydrogens is 360 g/mol. The van der Waals surface area contributed by atoms with E-state index in [-0.39, 0.29) is 19.0 Å². The Hall–Kier alpha value is -2.38. The van der Waals surface area contributed by atoms with Gasteiger partial charge in [0.1, 0.15) is 5.60 Å². The zero-order chi connectivity index (χ0) is 20.6. The number of amides is 2. The molecule has 1 aromatic carbocycles. The number of β-amino-alcohol motifs (C(OH)–C–C–N with tert-alkyl or cyclic N) is 1. The highest BCUT2D eigenvalue weighted by Gasteiger charge is 2.36. The molecule has 3 rings (SSSR count). The number of carbonyl (C=O) groups excluding carboxylic acids is 2. The lowest BCUT2D eigenvalue weighted by Gasteiger charge is -2.35. The van der Waals surface area contributed by atoms with Gasteiger partial charge in [0, 0.05) is 24.2 Å². The number of fused-ring (bicyclic) bond motifs is 1. The number of likely N-dealkylation sites (tertiary alicyclic amines) is 1. The minimum atomic E-state index is -0.988. The van der Waals surface area contributed by atoms with Crippen LogP contribution in [0.4, 0.5) is 4.79 Å². The lowest BCUT2D eigenvalue weighted by atomic mass is 9.96. The van der Waals surface area contributed by atoms with Gasteiger partial charge in [-0.2, -0.15) is 0 Å². The number of aliphatic hydroxyl groups is 2. The first kappa shape index (κ1) is 20.4. The van der Waals surface area contributed by atoms with E-state index in [1.54, 1.807) is 45.0 Å². The molecule has 2 atom stereocenters. The Labute approximate surface area is 165 Å². The Kier molecular flexibility index (Phi) is 5.50. The Morgan fingerprint density at radius 3 is 2.54 bits per heavy atom. The van der Waals surface area contributed by atoms with Gasteiger partial charge in [0.15, 0.2) is 6.23 Å². The molecule has 2 amide bonds. The van der Waals surface area contributed by atoms with Gasteiger partial charge in [0.25, 0.3) is 5.91 Å². The third kappa shape index (κ3) is 4.05. The van der Waals surface area contributed by atoms with Crippen molar-refractivity contribution >= 4 is 12.0 Å². The second kappa shape index (κ2) is 7.56. The lowest BCUT2D eigenvalue weighted by Crippen LogP contribution is -2.46. The number of ether oxygens (including phenoxy) is 1. The molecule has 1 saturated heterocycles. The molecule has 152 valence electrons. The van der Waals surface area contributed by atoms with Gasteiger partial charge >= 0.3 is 6.09 Å². The fourth-order valence-electron chi connectivity index (χ4n) is 3.69. The van der Waals surface area contributed by atoms with Gasteiger partial charge < -0.3 is 24.7 Å². The monoisotopic (exact) mass is 388 g/mol. The molecule has 7 heteroatoms. The molecule has 28 heavy (non-hydrogen) atoms. The van der Waals surface area contributed by atoms with E-state index < -0.39 is 24.0 Å². The maximum Gasteiger partial charge on any atom is 0.410 e. The van der Waals surface area contributed by atoms with E-state index >= 15 is 0 Å². The molecule has 0 saturated carbocycles. The highest BCUT2D eigenvalue weighted by Crippen LogP contribution is 2.33. The third-order valence-corrected chi connectivity index (χ3v) is 5.08. The largest absolute Gasteiger partial charge is 0.444 e. The molecule has 2 aliphatic heterocycles. The van der Waals surface area contributed by atoms with Gasteiger partial charge in [0.2, 0.25) is 0 Å². The van der Waals surface area contributed by atoms with Crippen molar-refractivity contribution < 1.29 is 24.5 Å². The van der Waals surface area contributed by atoms with Crippen molar-refractivity contribution in [1.29, 1.82) is 0 Å². The van der Waals surface area contributed by atoms with Crippen LogP contribution in [0.25, 0.3) is 0 Å². The predicted octanol–water partition coefficient (Wildman–Crippen LogP) is 2.45. The number of hydrogen-bond acceptors (Lipinski definition) is 5. The zero-order valence-electron chi connectivity index (χ0n) is 16.8. The van der Waals surface area contributed by atoms with E-state index in [2.05, 4.69) is 0 Å². The molecule has 1 fully saturated rings. The second-order valence-corrected chi connectivity index (χ2v) is 8.39. The van der Waals surface area contributed by atoms with E-state index in [0.29, 0.717) is 24.1 Å². The SMILES string of the molecule is C/C(CN1C(=O)c2ccccc2C1O)=C1\CCN(C(=O)OC(C)(C)C)CC1O. The zero-order valence-corrected chi connectivity index (χ0v) is 16.8. The average Bonchev–Trinajstić information content (AvgIpc) is 2.85. The topological polar surface area (TPSA) is 90.3 Å². The molecule has 2 N–H and O–H groups in total. The molecule has 0 radical (unpaired) electrons. The van der Waals surface area contributed by atoms with Crippen LogP contribution in [0.3, 0.4) is 0 Å². The van der Waals surface area contributed by atoms with Gasteiger partial charge in [-0.1, -0.05) is 23.8 Å². The van der Waals surface area contributed by atoms with Crippen molar-refractivity contribution in [3.05, 3.63) is 46.5 Å². The fraction of sp³-hybridized carbons (Fsp3) is 0.524. The summed E-state index contributed by atoms with van der Waals surface area (Å²) >= 11 is 0. The summed E-state index contributed by atoms with van der Waals surface area (Å²) < 4.78 is 5.37. The minimum absolute atomic E-state index is 0.151. The second-order valence-electron chi connectivity index (χ2n) is 8.39. The third-order valence-electron chi connectivity index (χ3n) is 5.08. The van der Waals surface area contributed by atoms with E-state index in [1.165, 1.54) is 9.80 Å². The van der Waals surface area contributed by atoms with E-state index in [1.807, 2.05) is 6.92 Å². The van der Waals surface area contributed by atoms with Gasteiger partial charge in [-0.25, -0.2) is 4.79 Å². The van der Waals surface area contributed by atoms with E-state index in [0.717, 1.165) is 11.1 Å². The van der Waals surface area contributed by atoms with Crippen LogP contribution in [0, 0.1) is 0 Å². The van der Waals surface area contributed by atoms with Gasteiger partial charge in [-0.15, -0.1) is 0 Å². The first-order valence-electron chi connectivity index (χ1n) is 9.51. The van der Waals surface area contributed by atoms with Crippen LogP contribution in [-0.2, 0) is 4.74 Å². The Morgan fingerprint density at radius 1 is 1.25 bits per heavy atom.